The molecule has 0 saturated carbocycles. The maximum atomic E-state index is 12.8. The molecule has 6 aromatic heterocycles. The summed E-state index contributed by atoms with van der Waals surface area (Å²) in [6.07, 6.45) is 4.37. The molecule has 20 nitrogen and oxygen atoms in total. The van der Waals surface area contributed by atoms with Gasteiger partial charge in [-0.05, 0) is 57.2 Å². The first-order chi connectivity index (χ1) is 34.1. The largest absolute Gasteiger partial charge is 0.481 e. The standard InChI is InChI=1S/C23H32ClN5O3S.C15H22ClN5O3.C12H19ClN4/c1-12(9-10-33(8,31)32)22(30)25-18-14(3)11-13(2)16(15(18)4)20-26-27-21-17(24)19(23(5,6)7)28-29(20)21;1-8(20(5)9(22)6-7-10(23)24)13-17-18-14-11(16)12(15(2,3)4)19-21(13)14;1-5-6-7-8-14-15-11-9(13)10(12(2,3)4)16-17(8)11/h11-12,28H,9-10H2,1-8H3,(H,25,30);8,19H,6-7H2,1-5H3,(H,23,24);16H,5-7H2,1-4H3. The van der Waals surface area contributed by atoms with Gasteiger partial charge in [0.05, 0.1) is 35.3 Å². The van der Waals surface area contributed by atoms with E-state index < -0.39 is 21.7 Å². The van der Waals surface area contributed by atoms with Crippen LogP contribution in [0, 0.1) is 26.7 Å². The second-order valence-electron chi connectivity index (χ2n) is 22.2. The Morgan fingerprint density at radius 3 is 1.74 bits per heavy atom. The average molecular weight is 1100 g/mol. The van der Waals surface area contributed by atoms with Crippen molar-refractivity contribution in [3.05, 3.63) is 66.6 Å². The Bertz CT molecular complexity index is 3290. The molecule has 2 amide bonds. The third-order valence-corrected chi connectivity index (χ3v) is 14.8. The van der Waals surface area contributed by atoms with Crippen LogP contribution < -0.4 is 5.32 Å². The number of unbranched alkanes of at least 4 members (excludes halogenated alkanes) is 1. The predicted molar refractivity (Wildman–Crippen MR) is 292 cm³/mol. The molecule has 406 valence electrons. The van der Waals surface area contributed by atoms with Crippen LogP contribution in [0.15, 0.2) is 6.07 Å². The van der Waals surface area contributed by atoms with Crippen molar-refractivity contribution < 1.29 is 27.9 Å². The number of aromatic nitrogens is 12. The topological polar surface area (TPSA) is 259 Å². The Balaban J connectivity index is 0.000000217. The summed E-state index contributed by atoms with van der Waals surface area (Å²) in [5.74, 6) is 0.144. The molecule has 6 heterocycles. The van der Waals surface area contributed by atoms with E-state index in [0.29, 0.717) is 43.7 Å². The van der Waals surface area contributed by atoms with Gasteiger partial charge in [-0.2, -0.15) is 0 Å². The van der Waals surface area contributed by atoms with E-state index in [4.69, 9.17) is 39.9 Å². The third kappa shape index (κ3) is 13.3. The second kappa shape index (κ2) is 22.8. The van der Waals surface area contributed by atoms with Crippen molar-refractivity contribution in [2.75, 3.05) is 24.4 Å². The highest BCUT2D eigenvalue weighted by molar-refractivity contribution is 7.90. The van der Waals surface area contributed by atoms with Crippen LogP contribution in [0.5, 0.6) is 0 Å². The van der Waals surface area contributed by atoms with Crippen LogP contribution in [0.2, 0.25) is 15.1 Å². The number of fused-ring (bicyclic) bond motifs is 3. The maximum absolute atomic E-state index is 12.8. The van der Waals surface area contributed by atoms with E-state index in [1.54, 1.807) is 29.9 Å². The number of aromatic amines is 3. The lowest BCUT2D eigenvalue weighted by molar-refractivity contribution is -0.141. The summed E-state index contributed by atoms with van der Waals surface area (Å²) < 4.78 is 28.3. The van der Waals surface area contributed by atoms with Gasteiger partial charge in [0.2, 0.25) is 11.8 Å². The van der Waals surface area contributed by atoms with E-state index in [0.717, 1.165) is 70.1 Å². The van der Waals surface area contributed by atoms with Crippen LogP contribution in [0.3, 0.4) is 0 Å². The number of carboxylic acids is 1. The highest BCUT2D eigenvalue weighted by Gasteiger charge is 2.30. The molecule has 2 unspecified atom stereocenters. The monoisotopic (exact) mass is 1100 g/mol. The van der Waals surface area contributed by atoms with Crippen LogP contribution in [0.4, 0.5) is 5.69 Å². The fourth-order valence-electron chi connectivity index (χ4n) is 8.17. The van der Waals surface area contributed by atoms with E-state index in [1.165, 1.54) is 11.2 Å². The lowest BCUT2D eigenvalue weighted by Gasteiger charge is -2.23. The molecule has 24 heteroatoms. The number of benzene rings is 1. The van der Waals surface area contributed by atoms with Crippen molar-refractivity contribution in [1.82, 2.24) is 64.3 Å². The van der Waals surface area contributed by atoms with Gasteiger partial charge in [0.25, 0.3) is 0 Å². The lowest BCUT2D eigenvalue weighted by Crippen LogP contribution is -2.31. The zero-order valence-electron chi connectivity index (χ0n) is 45.7. The molecule has 74 heavy (non-hydrogen) atoms. The summed E-state index contributed by atoms with van der Waals surface area (Å²) in [7, 11) is -1.51. The summed E-state index contributed by atoms with van der Waals surface area (Å²) >= 11 is 19.3. The number of rotatable bonds is 14. The summed E-state index contributed by atoms with van der Waals surface area (Å²) in [6, 6.07) is 1.61. The Kier molecular flexibility index (Phi) is 18.3. The van der Waals surface area contributed by atoms with Gasteiger partial charge in [-0.25, -0.2) is 22.0 Å². The molecule has 0 aliphatic carbocycles. The molecular formula is C50H73Cl3N14O6S. The van der Waals surface area contributed by atoms with Crippen molar-refractivity contribution in [3.8, 4) is 11.4 Å². The number of carbonyl (C=O) groups excluding carboxylic acids is 2. The molecule has 0 radical (unpaired) electrons. The van der Waals surface area contributed by atoms with E-state index in [2.05, 4.69) is 99.7 Å². The maximum Gasteiger partial charge on any atom is 0.303 e. The first-order valence-corrected chi connectivity index (χ1v) is 27.7. The summed E-state index contributed by atoms with van der Waals surface area (Å²) in [5, 5.41) is 48.6. The summed E-state index contributed by atoms with van der Waals surface area (Å²) in [5.41, 5.74) is 8.41. The Labute approximate surface area is 448 Å². The smallest absolute Gasteiger partial charge is 0.303 e. The Morgan fingerprint density at radius 1 is 0.743 bits per heavy atom. The zero-order chi connectivity index (χ0) is 55.7. The molecule has 1 aromatic carbocycles. The number of aryl methyl sites for hydroxylation is 3. The van der Waals surface area contributed by atoms with Gasteiger partial charge in [0, 0.05) is 59.6 Å². The van der Waals surface area contributed by atoms with Gasteiger partial charge in [0.1, 0.15) is 24.9 Å². The number of hydrogen-bond donors (Lipinski definition) is 5. The number of halogens is 3. The van der Waals surface area contributed by atoms with Crippen LogP contribution in [-0.2, 0) is 46.9 Å². The van der Waals surface area contributed by atoms with Gasteiger partial charge >= 0.3 is 5.97 Å². The van der Waals surface area contributed by atoms with Gasteiger partial charge in [-0.1, -0.05) is 123 Å². The molecule has 7 aromatic rings. The second-order valence-corrected chi connectivity index (χ2v) is 25.6. The number of nitrogens with one attached hydrogen (secondary N) is 4. The van der Waals surface area contributed by atoms with E-state index in [9.17, 15) is 22.8 Å². The number of nitrogens with zero attached hydrogens (tertiary/aromatic N) is 10. The first kappa shape index (κ1) is 59.4. The molecule has 0 aliphatic rings. The molecule has 5 N–H and O–H groups in total. The number of H-pyrrole nitrogens is 3. The fourth-order valence-corrected chi connectivity index (χ4v) is 10.3. The van der Waals surface area contributed by atoms with Crippen molar-refractivity contribution in [1.29, 1.82) is 0 Å². The van der Waals surface area contributed by atoms with Gasteiger partial charge < -0.3 is 15.3 Å². The molecule has 2 atom stereocenters. The van der Waals surface area contributed by atoms with Crippen LogP contribution >= 0.6 is 34.8 Å². The SMILES string of the molecule is CC(c1nnc2c(Cl)c(C(C)(C)C)[nH]n12)N(C)C(=O)CCC(=O)O.CCCCc1nnc2c(Cl)c(C(C)(C)C)[nH]n12.Cc1cc(C)c(-c2nnc3c(Cl)c(C(C)(C)C)[nH]n23)c(C)c1NC(=O)C(C)CCS(C)(=O)=O. The minimum absolute atomic E-state index is 0.0141. The number of carboxylic acid groups (broad SMARTS) is 1. The molecule has 7 rings (SSSR count). The number of hydrogen-bond acceptors (Lipinski definition) is 11. The number of sulfone groups is 1. The molecular weight excluding hydrogens is 1030 g/mol. The normalized spacial score (nSPS) is 13.2. The number of anilines is 1. The van der Waals surface area contributed by atoms with Gasteiger partial charge in [-0.15, -0.1) is 30.6 Å². The molecule has 0 aliphatic heterocycles. The Hall–Kier alpha value is -5.51. The molecule has 0 spiro atoms. The lowest BCUT2D eigenvalue weighted by atomic mass is 9.92. The van der Waals surface area contributed by atoms with Crippen LogP contribution in [-0.4, -0.2) is 115 Å². The third-order valence-electron chi connectivity index (χ3n) is 12.7. The number of carbonyl (C=O) groups is 3. The molecule has 0 fully saturated rings. The van der Waals surface area contributed by atoms with Gasteiger partial charge in [0.15, 0.2) is 34.4 Å². The van der Waals surface area contributed by atoms with E-state index in [1.807, 2.05) is 52.1 Å². The number of aliphatic carboxylic acids is 1. The highest BCUT2D eigenvalue weighted by Crippen LogP contribution is 2.38. The predicted octanol–water partition coefficient (Wildman–Crippen LogP) is 10.4. The summed E-state index contributed by atoms with van der Waals surface area (Å²) in [4.78, 5) is 37.0. The fraction of sp³-hybridized carbons (Fsp3) is 0.580. The molecule has 0 bridgehead atoms. The van der Waals surface area contributed by atoms with Crippen molar-refractivity contribution in [3.63, 3.8) is 0 Å². The van der Waals surface area contributed by atoms with E-state index in [-0.39, 0.29) is 59.1 Å². The van der Waals surface area contributed by atoms with Crippen molar-refractivity contribution >= 4 is 85.1 Å². The average Bonchev–Trinajstić information content (AvgIpc) is 4.15. The van der Waals surface area contributed by atoms with E-state index >= 15 is 0 Å². The summed E-state index contributed by atoms with van der Waals surface area (Å²) in [6.45, 7) is 30.2. The zero-order valence-corrected chi connectivity index (χ0v) is 48.8. The quantitative estimate of drug-likeness (QED) is 0.0681. The van der Waals surface area contributed by atoms with Crippen LogP contribution in [0.25, 0.3) is 28.3 Å². The first-order valence-electron chi connectivity index (χ1n) is 24.6. The number of amides is 2. The van der Waals surface area contributed by atoms with Crippen molar-refractivity contribution in [2.45, 2.75) is 165 Å². The van der Waals surface area contributed by atoms with Crippen molar-refractivity contribution in [2.24, 2.45) is 5.92 Å². The minimum atomic E-state index is -3.13. The highest BCUT2D eigenvalue weighted by atomic mass is 35.5. The Morgan fingerprint density at radius 2 is 1.23 bits per heavy atom. The minimum Gasteiger partial charge on any atom is -0.481 e. The van der Waals surface area contributed by atoms with Gasteiger partial charge in [-0.3, -0.25) is 29.7 Å². The van der Waals surface area contributed by atoms with Crippen LogP contribution in [0.1, 0.15) is 167 Å². The molecule has 0 saturated heterocycles.